The van der Waals surface area contributed by atoms with Gasteiger partial charge in [-0.05, 0) is 53.4 Å². The number of rotatable bonds is 4. The predicted molar refractivity (Wildman–Crippen MR) is 90.4 cm³/mol. The monoisotopic (exact) mass is 365 g/mol. The van der Waals surface area contributed by atoms with E-state index in [2.05, 4.69) is 50.6 Å². The Morgan fingerprint density at radius 2 is 2.14 bits per heavy atom. The highest BCUT2D eigenvalue weighted by Gasteiger charge is 2.18. The zero-order valence-electron chi connectivity index (χ0n) is 12.6. The van der Waals surface area contributed by atoms with Crippen LogP contribution in [0.15, 0.2) is 33.7 Å². The van der Waals surface area contributed by atoms with Gasteiger partial charge in [0, 0.05) is 12.6 Å². The van der Waals surface area contributed by atoms with Crippen LogP contribution in [-0.4, -0.2) is 25.3 Å². The number of aliphatic imine (C=N–C) groups is 1. The number of nitrogens with zero attached hydrogens (tertiary/aromatic N) is 1. The standard InChI is InChI=1S/C16H20BrN3O2/c1-2-18-16(20-12-5-3-4-6-12)19-9-11-7-13(17)15-14(8-11)21-10-22-15/h3-4,7-8,12H,2,5-6,9-10H2,1H3,(H2,18,19,20). The van der Waals surface area contributed by atoms with E-state index in [4.69, 9.17) is 9.47 Å². The molecule has 0 unspecified atom stereocenters. The van der Waals surface area contributed by atoms with E-state index in [1.165, 1.54) is 0 Å². The normalized spacial score (nSPS) is 17.1. The van der Waals surface area contributed by atoms with Crippen molar-refractivity contribution in [1.29, 1.82) is 0 Å². The number of benzene rings is 1. The van der Waals surface area contributed by atoms with Crippen molar-refractivity contribution in [3.8, 4) is 11.5 Å². The second-order valence-corrected chi connectivity index (χ2v) is 6.15. The quantitative estimate of drug-likeness (QED) is 0.489. The van der Waals surface area contributed by atoms with Crippen LogP contribution in [0.2, 0.25) is 0 Å². The molecule has 1 aliphatic carbocycles. The first-order valence-corrected chi connectivity index (χ1v) is 8.33. The fourth-order valence-corrected chi connectivity index (χ4v) is 3.13. The van der Waals surface area contributed by atoms with E-state index in [9.17, 15) is 0 Å². The first-order chi connectivity index (χ1) is 10.8. The average Bonchev–Trinajstić information content (AvgIpc) is 3.16. The molecule has 0 fully saturated rings. The number of nitrogens with one attached hydrogen (secondary N) is 2. The Balaban J connectivity index is 1.68. The summed E-state index contributed by atoms with van der Waals surface area (Å²) in [5.74, 6) is 2.40. The molecule has 6 heteroatoms. The van der Waals surface area contributed by atoms with Crippen molar-refractivity contribution in [3.63, 3.8) is 0 Å². The van der Waals surface area contributed by atoms with Crippen LogP contribution in [0.5, 0.6) is 11.5 Å². The summed E-state index contributed by atoms with van der Waals surface area (Å²) in [5, 5.41) is 6.75. The van der Waals surface area contributed by atoms with Gasteiger partial charge in [-0.1, -0.05) is 12.2 Å². The molecule has 0 radical (unpaired) electrons. The average molecular weight is 366 g/mol. The lowest BCUT2D eigenvalue weighted by atomic mass is 10.2. The Morgan fingerprint density at radius 3 is 2.91 bits per heavy atom. The summed E-state index contributed by atoms with van der Waals surface area (Å²) in [5.41, 5.74) is 1.08. The Bertz CT molecular complexity index is 593. The lowest BCUT2D eigenvalue weighted by Gasteiger charge is -2.16. The van der Waals surface area contributed by atoms with Crippen LogP contribution in [0.25, 0.3) is 0 Å². The molecule has 1 aromatic rings. The van der Waals surface area contributed by atoms with E-state index >= 15 is 0 Å². The van der Waals surface area contributed by atoms with Gasteiger partial charge in [0.05, 0.1) is 11.0 Å². The molecule has 22 heavy (non-hydrogen) atoms. The molecule has 5 nitrogen and oxygen atoms in total. The Labute approximate surface area is 138 Å². The van der Waals surface area contributed by atoms with E-state index in [1.54, 1.807) is 0 Å². The van der Waals surface area contributed by atoms with E-state index in [1.807, 2.05) is 12.1 Å². The largest absolute Gasteiger partial charge is 0.454 e. The summed E-state index contributed by atoms with van der Waals surface area (Å²) in [6.07, 6.45) is 6.52. The number of halogens is 1. The molecule has 1 aromatic carbocycles. The number of fused-ring (bicyclic) bond motifs is 1. The van der Waals surface area contributed by atoms with Crippen LogP contribution >= 0.6 is 15.9 Å². The van der Waals surface area contributed by atoms with Crippen LogP contribution < -0.4 is 20.1 Å². The van der Waals surface area contributed by atoms with Gasteiger partial charge < -0.3 is 20.1 Å². The van der Waals surface area contributed by atoms with E-state index in [0.717, 1.165) is 46.9 Å². The number of hydrogen-bond acceptors (Lipinski definition) is 3. The number of guanidine groups is 1. The van der Waals surface area contributed by atoms with E-state index in [-0.39, 0.29) is 6.79 Å². The molecule has 3 rings (SSSR count). The summed E-state index contributed by atoms with van der Waals surface area (Å²) >= 11 is 3.51. The second-order valence-electron chi connectivity index (χ2n) is 5.29. The molecule has 0 spiro atoms. The van der Waals surface area contributed by atoms with Crippen LogP contribution in [0.3, 0.4) is 0 Å². The van der Waals surface area contributed by atoms with E-state index in [0.29, 0.717) is 12.6 Å². The smallest absolute Gasteiger partial charge is 0.231 e. The number of hydrogen-bond donors (Lipinski definition) is 2. The second kappa shape index (κ2) is 7.05. The molecule has 118 valence electrons. The van der Waals surface area contributed by atoms with Gasteiger partial charge in [0.2, 0.25) is 6.79 Å². The lowest BCUT2D eigenvalue weighted by Crippen LogP contribution is -2.42. The minimum Gasteiger partial charge on any atom is -0.454 e. The summed E-state index contributed by atoms with van der Waals surface area (Å²) in [4.78, 5) is 4.66. The van der Waals surface area contributed by atoms with Gasteiger partial charge in [-0.3, -0.25) is 0 Å². The highest BCUT2D eigenvalue weighted by atomic mass is 79.9. The third-order valence-electron chi connectivity index (χ3n) is 3.60. The Kier molecular flexibility index (Phi) is 4.87. The van der Waals surface area contributed by atoms with Gasteiger partial charge in [0.1, 0.15) is 0 Å². The maximum atomic E-state index is 5.44. The first-order valence-electron chi connectivity index (χ1n) is 7.54. The predicted octanol–water partition coefficient (Wildman–Crippen LogP) is 2.95. The molecule has 1 aliphatic heterocycles. The third kappa shape index (κ3) is 3.55. The number of ether oxygens (including phenoxy) is 2. The summed E-state index contributed by atoms with van der Waals surface area (Å²) in [6, 6.07) is 4.45. The third-order valence-corrected chi connectivity index (χ3v) is 4.19. The SMILES string of the molecule is CCNC(=NCc1cc(Br)c2c(c1)OCO2)NC1CC=CC1. The molecule has 0 aromatic heterocycles. The highest BCUT2D eigenvalue weighted by molar-refractivity contribution is 9.10. The highest BCUT2D eigenvalue weighted by Crippen LogP contribution is 2.40. The maximum absolute atomic E-state index is 5.44. The van der Waals surface area contributed by atoms with Crippen LogP contribution in [0.4, 0.5) is 0 Å². The fourth-order valence-electron chi connectivity index (χ4n) is 2.53. The zero-order chi connectivity index (χ0) is 15.4. The lowest BCUT2D eigenvalue weighted by molar-refractivity contribution is 0.173. The molecule has 2 aliphatic rings. The van der Waals surface area contributed by atoms with Gasteiger partial charge in [0.25, 0.3) is 0 Å². The molecule has 0 saturated heterocycles. The van der Waals surface area contributed by atoms with Gasteiger partial charge in [-0.15, -0.1) is 0 Å². The summed E-state index contributed by atoms with van der Waals surface area (Å²) in [7, 11) is 0. The van der Waals surface area contributed by atoms with Crippen LogP contribution in [0, 0.1) is 0 Å². The first kappa shape index (κ1) is 15.2. The van der Waals surface area contributed by atoms with Crippen molar-refractivity contribution < 1.29 is 9.47 Å². The molecule has 0 amide bonds. The minimum atomic E-state index is 0.277. The topological polar surface area (TPSA) is 54.9 Å². The fraction of sp³-hybridized carbons (Fsp3) is 0.438. The molecule has 2 N–H and O–H groups in total. The molecular weight excluding hydrogens is 346 g/mol. The molecular formula is C16H20BrN3O2. The van der Waals surface area contributed by atoms with Crippen molar-refractivity contribution >= 4 is 21.9 Å². The van der Waals surface area contributed by atoms with Crippen LogP contribution in [0.1, 0.15) is 25.3 Å². The van der Waals surface area contributed by atoms with Gasteiger partial charge >= 0.3 is 0 Å². The molecule has 0 bridgehead atoms. The van der Waals surface area contributed by atoms with Crippen molar-refractivity contribution in [2.75, 3.05) is 13.3 Å². The van der Waals surface area contributed by atoms with Gasteiger partial charge in [-0.25, -0.2) is 4.99 Å². The Hall–Kier alpha value is -1.69. The maximum Gasteiger partial charge on any atom is 0.231 e. The molecule has 0 saturated carbocycles. The molecule has 0 atom stereocenters. The van der Waals surface area contributed by atoms with Crippen molar-refractivity contribution in [1.82, 2.24) is 10.6 Å². The van der Waals surface area contributed by atoms with Crippen molar-refractivity contribution in [2.45, 2.75) is 32.4 Å². The Morgan fingerprint density at radius 1 is 1.32 bits per heavy atom. The summed E-state index contributed by atoms with van der Waals surface area (Å²) in [6.45, 7) is 3.78. The van der Waals surface area contributed by atoms with Gasteiger partial charge in [0.15, 0.2) is 17.5 Å². The zero-order valence-corrected chi connectivity index (χ0v) is 14.1. The van der Waals surface area contributed by atoms with Crippen molar-refractivity contribution in [3.05, 3.63) is 34.3 Å². The van der Waals surface area contributed by atoms with Crippen LogP contribution in [-0.2, 0) is 6.54 Å². The summed E-state index contributed by atoms with van der Waals surface area (Å²) < 4.78 is 11.8. The van der Waals surface area contributed by atoms with Gasteiger partial charge in [-0.2, -0.15) is 0 Å². The van der Waals surface area contributed by atoms with Crippen molar-refractivity contribution in [2.24, 2.45) is 4.99 Å². The molecule has 1 heterocycles. The minimum absolute atomic E-state index is 0.277. The van der Waals surface area contributed by atoms with E-state index < -0.39 is 0 Å².